The number of amides is 1. The van der Waals surface area contributed by atoms with Crippen LogP contribution in [0, 0.1) is 12.7 Å². The van der Waals surface area contributed by atoms with Crippen LogP contribution in [0.15, 0.2) is 24.3 Å². The van der Waals surface area contributed by atoms with Crippen molar-refractivity contribution in [3.8, 4) is 11.4 Å². The summed E-state index contributed by atoms with van der Waals surface area (Å²) in [7, 11) is 0. The van der Waals surface area contributed by atoms with Gasteiger partial charge in [0.05, 0.1) is 0 Å². The smallest absolute Gasteiger partial charge is 0.228 e. The number of rotatable bonds is 3. The van der Waals surface area contributed by atoms with E-state index in [9.17, 15) is 9.18 Å². The molecule has 22 heavy (non-hydrogen) atoms. The van der Waals surface area contributed by atoms with E-state index < -0.39 is 0 Å². The predicted octanol–water partition coefficient (Wildman–Crippen LogP) is 3.28. The summed E-state index contributed by atoms with van der Waals surface area (Å²) >= 11 is 0. The molecule has 1 amide bonds. The zero-order valence-electron chi connectivity index (χ0n) is 12.8. The van der Waals surface area contributed by atoms with Crippen molar-refractivity contribution in [3.63, 3.8) is 0 Å². The lowest BCUT2D eigenvalue weighted by Gasteiger charge is -2.29. The molecule has 0 N–H and O–H groups in total. The van der Waals surface area contributed by atoms with Crippen molar-refractivity contribution in [1.82, 2.24) is 9.97 Å². The lowest BCUT2D eigenvalue weighted by atomic mass is 10.0. The lowest BCUT2D eigenvalue weighted by Crippen LogP contribution is -2.37. The molecule has 114 valence electrons. The van der Waals surface area contributed by atoms with E-state index in [1.165, 1.54) is 12.1 Å². The molecular weight excluding hydrogens is 281 g/mol. The van der Waals surface area contributed by atoms with Gasteiger partial charge in [-0.3, -0.25) is 9.69 Å². The maximum Gasteiger partial charge on any atom is 0.228 e. The Labute approximate surface area is 129 Å². The fraction of sp³-hybridized carbons (Fsp3) is 0.353. The van der Waals surface area contributed by atoms with Crippen molar-refractivity contribution in [2.24, 2.45) is 0 Å². The molecule has 0 saturated heterocycles. The number of fused-ring (bicyclic) bond motifs is 1. The van der Waals surface area contributed by atoms with Gasteiger partial charge in [0.1, 0.15) is 11.6 Å². The normalized spacial score (nSPS) is 14.1. The highest BCUT2D eigenvalue weighted by atomic mass is 19.1. The average Bonchev–Trinajstić information content (AvgIpc) is 2.50. The maximum absolute atomic E-state index is 13.4. The third kappa shape index (κ3) is 2.58. The Morgan fingerprint density at radius 1 is 1.27 bits per heavy atom. The molecule has 0 fully saturated rings. The van der Waals surface area contributed by atoms with E-state index in [1.807, 2.05) is 13.8 Å². The maximum atomic E-state index is 13.4. The first-order valence-electron chi connectivity index (χ1n) is 7.54. The molecule has 0 spiro atoms. The summed E-state index contributed by atoms with van der Waals surface area (Å²) in [6.45, 7) is 4.59. The Balaban J connectivity index is 2.12. The number of halogens is 1. The third-order valence-electron chi connectivity index (χ3n) is 3.87. The van der Waals surface area contributed by atoms with Gasteiger partial charge in [-0.15, -0.1) is 0 Å². The highest BCUT2D eigenvalue weighted by molar-refractivity contribution is 5.95. The van der Waals surface area contributed by atoms with Crippen LogP contribution in [0.2, 0.25) is 0 Å². The molecule has 2 aromatic rings. The summed E-state index contributed by atoms with van der Waals surface area (Å²) in [5, 5.41) is 0. The molecule has 0 bridgehead atoms. The fourth-order valence-electron chi connectivity index (χ4n) is 2.79. The van der Waals surface area contributed by atoms with Gasteiger partial charge in [-0.05, 0) is 31.9 Å². The number of carbonyl (C=O) groups excluding carboxylic acids is 1. The quantitative estimate of drug-likeness (QED) is 0.873. The minimum absolute atomic E-state index is 0.0950. The molecule has 4 nitrogen and oxygen atoms in total. The second-order valence-corrected chi connectivity index (χ2v) is 5.49. The molecule has 1 aromatic heterocycles. The number of hydrogen-bond donors (Lipinski definition) is 0. The second-order valence-electron chi connectivity index (χ2n) is 5.49. The first kappa shape index (κ1) is 14.6. The SMILES string of the molecule is CCCN1C(=O)CCc2c(C)nc(-c3cccc(F)c3)nc21. The largest absolute Gasteiger partial charge is 0.296 e. The first-order valence-corrected chi connectivity index (χ1v) is 7.54. The van der Waals surface area contributed by atoms with E-state index in [0.29, 0.717) is 36.6 Å². The van der Waals surface area contributed by atoms with Gasteiger partial charge >= 0.3 is 0 Å². The summed E-state index contributed by atoms with van der Waals surface area (Å²) in [4.78, 5) is 23.0. The van der Waals surface area contributed by atoms with Crippen molar-refractivity contribution in [2.45, 2.75) is 33.1 Å². The molecule has 2 heterocycles. The Morgan fingerprint density at radius 2 is 2.09 bits per heavy atom. The molecule has 1 aliphatic rings. The van der Waals surface area contributed by atoms with Crippen molar-refractivity contribution < 1.29 is 9.18 Å². The van der Waals surface area contributed by atoms with Crippen LogP contribution in [0.4, 0.5) is 10.2 Å². The molecule has 0 unspecified atom stereocenters. The summed E-state index contributed by atoms with van der Waals surface area (Å²) in [6.07, 6.45) is 2.03. The van der Waals surface area contributed by atoms with Crippen LogP contribution < -0.4 is 4.90 Å². The fourth-order valence-corrected chi connectivity index (χ4v) is 2.79. The van der Waals surface area contributed by atoms with E-state index in [1.54, 1.807) is 17.0 Å². The Kier molecular flexibility index (Phi) is 3.88. The number of carbonyl (C=O) groups is 1. The van der Waals surface area contributed by atoms with Gasteiger partial charge in [0.15, 0.2) is 5.82 Å². The van der Waals surface area contributed by atoms with Gasteiger partial charge in [0.25, 0.3) is 0 Å². The van der Waals surface area contributed by atoms with E-state index in [4.69, 9.17) is 0 Å². The predicted molar refractivity (Wildman–Crippen MR) is 83.1 cm³/mol. The molecule has 0 atom stereocenters. The van der Waals surface area contributed by atoms with Crippen LogP contribution in [0.5, 0.6) is 0 Å². The minimum Gasteiger partial charge on any atom is -0.296 e. The number of hydrogen-bond acceptors (Lipinski definition) is 3. The zero-order valence-corrected chi connectivity index (χ0v) is 12.8. The molecule has 1 aliphatic heterocycles. The van der Waals surface area contributed by atoms with Crippen LogP contribution >= 0.6 is 0 Å². The van der Waals surface area contributed by atoms with Gasteiger partial charge in [-0.2, -0.15) is 0 Å². The number of aromatic nitrogens is 2. The Bertz CT molecular complexity index is 730. The van der Waals surface area contributed by atoms with Crippen molar-refractivity contribution in [2.75, 3.05) is 11.4 Å². The second kappa shape index (κ2) is 5.83. The molecule has 0 radical (unpaired) electrons. The number of aryl methyl sites for hydroxylation is 1. The third-order valence-corrected chi connectivity index (χ3v) is 3.87. The number of anilines is 1. The van der Waals surface area contributed by atoms with Gasteiger partial charge in [0.2, 0.25) is 5.91 Å². The van der Waals surface area contributed by atoms with Crippen molar-refractivity contribution in [1.29, 1.82) is 0 Å². The Hall–Kier alpha value is -2.30. The molecule has 1 aromatic carbocycles. The molecular formula is C17H18FN3O. The summed E-state index contributed by atoms with van der Waals surface area (Å²) < 4.78 is 13.4. The van der Waals surface area contributed by atoms with Gasteiger partial charge < -0.3 is 0 Å². The van der Waals surface area contributed by atoms with E-state index in [2.05, 4.69) is 9.97 Å². The van der Waals surface area contributed by atoms with Crippen LogP contribution in [0.1, 0.15) is 31.0 Å². The van der Waals surface area contributed by atoms with E-state index >= 15 is 0 Å². The van der Waals surface area contributed by atoms with Crippen LogP contribution in [0.3, 0.4) is 0 Å². The summed E-state index contributed by atoms with van der Waals surface area (Å²) in [6, 6.07) is 6.22. The minimum atomic E-state index is -0.321. The Morgan fingerprint density at radius 3 is 2.82 bits per heavy atom. The molecule has 5 heteroatoms. The van der Waals surface area contributed by atoms with Crippen molar-refractivity contribution >= 4 is 11.7 Å². The highest BCUT2D eigenvalue weighted by Gasteiger charge is 2.27. The van der Waals surface area contributed by atoms with Crippen LogP contribution in [0.25, 0.3) is 11.4 Å². The van der Waals surface area contributed by atoms with Crippen LogP contribution in [-0.2, 0) is 11.2 Å². The van der Waals surface area contributed by atoms with Crippen molar-refractivity contribution in [3.05, 3.63) is 41.3 Å². The summed E-state index contributed by atoms with van der Waals surface area (Å²) in [5.41, 5.74) is 2.51. The van der Waals surface area contributed by atoms with E-state index in [0.717, 1.165) is 17.7 Å². The number of benzene rings is 1. The molecule has 0 aliphatic carbocycles. The average molecular weight is 299 g/mol. The standard InChI is InChI=1S/C17H18FN3O/c1-3-9-21-15(22)8-7-14-11(2)19-16(20-17(14)21)12-5-4-6-13(18)10-12/h4-6,10H,3,7-9H2,1-2H3. The topological polar surface area (TPSA) is 46.1 Å². The molecule has 0 saturated carbocycles. The summed E-state index contributed by atoms with van der Waals surface area (Å²) in [5.74, 6) is 0.923. The zero-order chi connectivity index (χ0) is 15.7. The van der Waals surface area contributed by atoms with Gasteiger partial charge in [-0.1, -0.05) is 19.1 Å². The molecule has 3 rings (SSSR count). The first-order chi connectivity index (χ1) is 10.6. The van der Waals surface area contributed by atoms with E-state index in [-0.39, 0.29) is 11.7 Å². The van der Waals surface area contributed by atoms with Crippen LogP contribution in [-0.4, -0.2) is 22.4 Å². The lowest BCUT2D eigenvalue weighted by molar-refractivity contribution is -0.118. The number of nitrogens with zero attached hydrogens (tertiary/aromatic N) is 3. The highest BCUT2D eigenvalue weighted by Crippen LogP contribution is 2.30. The van der Waals surface area contributed by atoms with Gasteiger partial charge in [0, 0.05) is 29.8 Å². The van der Waals surface area contributed by atoms with Gasteiger partial charge in [-0.25, -0.2) is 14.4 Å². The monoisotopic (exact) mass is 299 g/mol.